The second-order valence-electron chi connectivity index (χ2n) is 6.05. The van der Waals surface area contributed by atoms with Gasteiger partial charge < -0.3 is 9.32 Å². The molecule has 0 spiro atoms. The van der Waals surface area contributed by atoms with E-state index in [2.05, 4.69) is 9.88 Å². The van der Waals surface area contributed by atoms with Gasteiger partial charge in [-0.25, -0.2) is 13.2 Å². The average molecular weight is 371 g/mol. The fourth-order valence-corrected chi connectivity index (χ4v) is 4.56. The van der Waals surface area contributed by atoms with Gasteiger partial charge in [-0.15, -0.1) is 0 Å². The van der Waals surface area contributed by atoms with Crippen LogP contribution in [0.4, 0.5) is 5.69 Å². The summed E-state index contributed by atoms with van der Waals surface area (Å²) in [5.41, 5.74) is 0.956. The van der Waals surface area contributed by atoms with Crippen LogP contribution < -0.4 is 10.5 Å². The minimum Gasteiger partial charge on any atom is -0.423 e. The van der Waals surface area contributed by atoms with Crippen LogP contribution in [0.5, 0.6) is 0 Å². The molecule has 1 fully saturated rings. The first kappa shape index (κ1) is 16.7. The zero-order valence-corrected chi connectivity index (χ0v) is 14.7. The van der Waals surface area contributed by atoms with Crippen LogP contribution in [-0.4, -0.2) is 43.9 Å². The molecule has 134 valence electrons. The zero-order chi connectivity index (χ0) is 18.1. The van der Waals surface area contributed by atoms with Crippen molar-refractivity contribution in [2.75, 3.05) is 31.1 Å². The highest BCUT2D eigenvalue weighted by molar-refractivity contribution is 7.89. The van der Waals surface area contributed by atoms with E-state index >= 15 is 0 Å². The number of pyridine rings is 1. The molecule has 0 N–H and O–H groups in total. The topological polar surface area (TPSA) is 83.7 Å². The van der Waals surface area contributed by atoms with Crippen molar-refractivity contribution in [1.82, 2.24) is 9.29 Å². The number of benzene rings is 1. The third-order valence-electron chi connectivity index (χ3n) is 4.50. The minimum atomic E-state index is -3.59. The van der Waals surface area contributed by atoms with Crippen LogP contribution in [0.1, 0.15) is 0 Å². The fourth-order valence-electron chi connectivity index (χ4n) is 3.10. The van der Waals surface area contributed by atoms with Crippen molar-refractivity contribution in [1.29, 1.82) is 0 Å². The lowest BCUT2D eigenvalue weighted by Gasteiger charge is -2.35. The van der Waals surface area contributed by atoms with Gasteiger partial charge >= 0.3 is 5.63 Å². The smallest absolute Gasteiger partial charge is 0.336 e. The van der Waals surface area contributed by atoms with E-state index in [9.17, 15) is 13.2 Å². The second kappa shape index (κ2) is 6.54. The Bertz CT molecular complexity index is 1090. The number of aromatic nitrogens is 1. The molecule has 1 aromatic carbocycles. The van der Waals surface area contributed by atoms with Crippen molar-refractivity contribution in [3.05, 3.63) is 65.3 Å². The van der Waals surface area contributed by atoms with Crippen LogP contribution in [0, 0.1) is 0 Å². The SMILES string of the molecule is O=c1ccc2cc(S(=O)(=O)N3CCN(c4ccncc4)CC3)ccc2o1. The van der Waals surface area contributed by atoms with Gasteiger partial charge in [0.25, 0.3) is 0 Å². The number of anilines is 1. The molecule has 0 unspecified atom stereocenters. The maximum Gasteiger partial charge on any atom is 0.336 e. The molecule has 26 heavy (non-hydrogen) atoms. The third kappa shape index (κ3) is 3.09. The molecule has 0 radical (unpaired) electrons. The van der Waals surface area contributed by atoms with E-state index < -0.39 is 15.6 Å². The Balaban J connectivity index is 1.56. The summed E-state index contributed by atoms with van der Waals surface area (Å²) in [4.78, 5) is 17.6. The first-order chi connectivity index (χ1) is 12.5. The molecule has 2 aromatic heterocycles. The molecule has 7 nitrogen and oxygen atoms in total. The van der Waals surface area contributed by atoms with Crippen LogP contribution in [0.15, 0.2) is 69.0 Å². The molecule has 4 rings (SSSR count). The molecule has 1 aliphatic rings. The maximum absolute atomic E-state index is 12.9. The highest BCUT2D eigenvalue weighted by Gasteiger charge is 2.28. The van der Waals surface area contributed by atoms with Crippen molar-refractivity contribution in [3.63, 3.8) is 0 Å². The van der Waals surface area contributed by atoms with E-state index in [4.69, 9.17) is 4.42 Å². The Morgan fingerprint density at radius 1 is 0.923 bits per heavy atom. The summed E-state index contributed by atoms with van der Waals surface area (Å²) < 4.78 is 32.4. The first-order valence-corrected chi connectivity index (χ1v) is 9.67. The normalized spacial score (nSPS) is 16.1. The molecule has 1 saturated heterocycles. The van der Waals surface area contributed by atoms with Gasteiger partial charge in [0, 0.05) is 55.7 Å². The summed E-state index contributed by atoms with van der Waals surface area (Å²) in [6.07, 6.45) is 3.46. The highest BCUT2D eigenvalue weighted by Crippen LogP contribution is 2.23. The van der Waals surface area contributed by atoms with Crippen LogP contribution in [0.3, 0.4) is 0 Å². The van der Waals surface area contributed by atoms with Crippen LogP contribution in [0.25, 0.3) is 11.0 Å². The Labute approximate surface area is 150 Å². The highest BCUT2D eigenvalue weighted by atomic mass is 32.2. The summed E-state index contributed by atoms with van der Waals surface area (Å²) in [6.45, 7) is 2.05. The number of nitrogens with zero attached hydrogens (tertiary/aromatic N) is 3. The van der Waals surface area contributed by atoms with Crippen LogP contribution in [0.2, 0.25) is 0 Å². The van der Waals surface area contributed by atoms with Gasteiger partial charge in [0.15, 0.2) is 0 Å². The van der Waals surface area contributed by atoms with E-state index in [0.717, 1.165) is 5.69 Å². The van der Waals surface area contributed by atoms with Crippen molar-refractivity contribution in [2.24, 2.45) is 0 Å². The Morgan fingerprint density at radius 2 is 1.65 bits per heavy atom. The maximum atomic E-state index is 12.9. The Morgan fingerprint density at radius 3 is 2.38 bits per heavy atom. The Hall–Kier alpha value is -2.71. The molecule has 0 aliphatic carbocycles. The van der Waals surface area contributed by atoms with Gasteiger partial charge in [0.05, 0.1) is 4.90 Å². The molecule has 0 atom stereocenters. The molecular formula is C18H17N3O4S. The number of rotatable bonds is 3. The number of hydrogen-bond donors (Lipinski definition) is 0. The number of piperazine rings is 1. The van der Waals surface area contributed by atoms with Gasteiger partial charge in [-0.3, -0.25) is 4.98 Å². The molecule has 0 bridgehead atoms. The van der Waals surface area contributed by atoms with Gasteiger partial charge in [0.1, 0.15) is 5.58 Å². The summed E-state index contributed by atoms with van der Waals surface area (Å²) in [5.74, 6) is 0. The zero-order valence-electron chi connectivity index (χ0n) is 13.9. The van der Waals surface area contributed by atoms with Crippen molar-refractivity contribution >= 4 is 26.7 Å². The summed E-state index contributed by atoms with van der Waals surface area (Å²) in [6, 6.07) is 11.2. The molecule has 8 heteroatoms. The molecule has 0 saturated carbocycles. The summed E-state index contributed by atoms with van der Waals surface area (Å²) in [7, 11) is -3.59. The lowest BCUT2D eigenvalue weighted by Crippen LogP contribution is -2.48. The van der Waals surface area contributed by atoms with Crippen molar-refractivity contribution < 1.29 is 12.8 Å². The second-order valence-corrected chi connectivity index (χ2v) is 7.99. The number of hydrogen-bond acceptors (Lipinski definition) is 6. The molecular weight excluding hydrogens is 354 g/mol. The Kier molecular flexibility index (Phi) is 4.21. The van der Waals surface area contributed by atoms with Crippen LogP contribution >= 0.6 is 0 Å². The predicted molar refractivity (Wildman–Crippen MR) is 97.7 cm³/mol. The van der Waals surface area contributed by atoms with E-state index in [1.165, 1.54) is 22.5 Å². The van der Waals surface area contributed by atoms with Crippen molar-refractivity contribution in [2.45, 2.75) is 4.90 Å². The minimum absolute atomic E-state index is 0.205. The first-order valence-electron chi connectivity index (χ1n) is 8.23. The lowest BCUT2D eigenvalue weighted by atomic mass is 10.2. The molecule has 0 amide bonds. The van der Waals surface area contributed by atoms with Crippen LogP contribution in [-0.2, 0) is 10.0 Å². The van der Waals surface area contributed by atoms with Crippen molar-refractivity contribution in [3.8, 4) is 0 Å². The molecule has 1 aliphatic heterocycles. The monoisotopic (exact) mass is 371 g/mol. The van der Waals surface area contributed by atoms with E-state index in [-0.39, 0.29) is 4.90 Å². The number of sulfonamides is 1. The third-order valence-corrected chi connectivity index (χ3v) is 6.39. The number of fused-ring (bicyclic) bond motifs is 1. The quantitative estimate of drug-likeness (QED) is 0.652. The standard InChI is InChI=1S/C18H17N3O4S/c22-18-4-1-14-13-16(2-3-17(14)25-18)26(23,24)21-11-9-20(10-12-21)15-5-7-19-8-6-15/h1-8,13H,9-12H2. The fraction of sp³-hybridized carbons (Fsp3) is 0.222. The lowest BCUT2D eigenvalue weighted by molar-refractivity contribution is 0.385. The average Bonchev–Trinajstić information content (AvgIpc) is 2.68. The summed E-state index contributed by atoms with van der Waals surface area (Å²) >= 11 is 0. The van der Waals surface area contributed by atoms with Gasteiger partial charge in [-0.2, -0.15) is 4.31 Å². The van der Waals surface area contributed by atoms with E-state index in [0.29, 0.717) is 37.1 Å². The van der Waals surface area contributed by atoms with E-state index in [1.54, 1.807) is 24.5 Å². The van der Waals surface area contributed by atoms with E-state index in [1.807, 2.05) is 12.1 Å². The predicted octanol–water partition coefficient (Wildman–Crippen LogP) is 1.70. The summed E-state index contributed by atoms with van der Waals surface area (Å²) in [5, 5.41) is 0.584. The van der Waals surface area contributed by atoms with Gasteiger partial charge in [-0.1, -0.05) is 0 Å². The largest absolute Gasteiger partial charge is 0.423 e. The van der Waals surface area contributed by atoms with Gasteiger partial charge in [0.2, 0.25) is 10.0 Å². The van der Waals surface area contributed by atoms with Gasteiger partial charge in [-0.05, 0) is 36.4 Å². The molecule has 3 aromatic rings. The molecule has 3 heterocycles.